The van der Waals surface area contributed by atoms with E-state index in [2.05, 4.69) is 10.0 Å². The highest BCUT2D eigenvalue weighted by Crippen LogP contribution is 2.24. The summed E-state index contributed by atoms with van der Waals surface area (Å²) in [5, 5.41) is 3.39. The molecule has 0 heterocycles. The van der Waals surface area contributed by atoms with Gasteiger partial charge in [0.25, 0.3) is 0 Å². The Kier molecular flexibility index (Phi) is 5.74. The maximum atomic E-state index is 12.5. The molecular formula is C20H24N2O3S. The first-order valence-corrected chi connectivity index (χ1v) is 10.7. The lowest BCUT2D eigenvalue weighted by molar-refractivity contribution is 0.0901. The van der Waals surface area contributed by atoms with E-state index in [0.29, 0.717) is 12.2 Å². The second-order valence-electron chi connectivity index (χ2n) is 6.78. The minimum Gasteiger partial charge on any atom is -0.316 e. The fourth-order valence-electron chi connectivity index (χ4n) is 3.32. The Morgan fingerprint density at radius 2 is 1.81 bits per heavy atom. The van der Waals surface area contributed by atoms with Crippen LogP contribution < -0.4 is 10.0 Å². The third-order valence-electron chi connectivity index (χ3n) is 4.65. The van der Waals surface area contributed by atoms with E-state index in [1.165, 1.54) is 0 Å². The Labute approximate surface area is 154 Å². The minimum atomic E-state index is -3.24. The van der Waals surface area contributed by atoms with Gasteiger partial charge in [-0.1, -0.05) is 36.4 Å². The van der Waals surface area contributed by atoms with Crippen molar-refractivity contribution in [2.75, 3.05) is 24.1 Å². The molecule has 0 aromatic heterocycles. The van der Waals surface area contributed by atoms with Gasteiger partial charge in [-0.05, 0) is 49.1 Å². The van der Waals surface area contributed by atoms with Crippen molar-refractivity contribution < 1.29 is 13.2 Å². The van der Waals surface area contributed by atoms with Crippen LogP contribution in [0.4, 0.5) is 5.69 Å². The van der Waals surface area contributed by atoms with Crippen LogP contribution in [0.5, 0.6) is 0 Å². The molecule has 0 fully saturated rings. The van der Waals surface area contributed by atoms with E-state index in [1.807, 2.05) is 36.4 Å². The summed E-state index contributed by atoms with van der Waals surface area (Å²) in [5.41, 5.74) is 3.73. The van der Waals surface area contributed by atoms with Crippen LogP contribution in [0.15, 0.2) is 48.5 Å². The molecule has 6 heteroatoms. The van der Waals surface area contributed by atoms with Crippen LogP contribution >= 0.6 is 0 Å². The van der Waals surface area contributed by atoms with Crippen molar-refractivity contribution in [2.45, 2.75) is 19.3 Å². The molecule has 5 nitrogen and oxygen atoms in total. The van der Waals surface area contributed by atoms with Gasteiger partial charge in [-0.25, -0.2) is 8.42 Å². The van der Waals surface area contributed by atoms with Gasteiger partial charge in [-0.3, -0.25) is 9.52 Å². The van der Waals surface area contributed by atoms with Gasteiger partial charge in [-0.15, -0.1) is 0 Å². The standard InChI is InChI=1S/C20H24N2O3S/c1-26(24,25)22-18-10-6-15(7-11-18)12-13-21-14-17-9-8-16-4-2-3-5-19(16)20(17)23/h2-7,10-11,17,21-22H,8-9,12-14H2,1H3/t17-/m0/s1. The molecular weight excluding hydrogens is 348 g/mol. The molecule has 1 aliphatic carbocycles. The van der Waals surface area contributed by atoms with E-state index < -0.39 is 10.0 Å². The fourth-order valence-corrected chi connectivity index (χ4v) is 3.88. The summed E-state index contributed by atoms with van der Waals surface area (Å²) in [4.78, 5) is 12.5. The number of benzene rings is 2. The number of hydrogen-bond donors (Lipinski definition) is 2. The summed E-state index contributed by atoms with van der Waals surface area (Å²) in [7, 11) is -3.24. The first-order chi connectivity index (χ1) is 12.4. The average molecular weight is 372 g/mol. The van der Waals surface area contributed by atoms with E-state index in [0.717, 1.165) is 48.8 Å². The Balaban J connectivity index is 1.45. The number of anilines is 1. The normalized spacial score (nSPS) is 17.0. The number of hydrogen-bond acceptors (Lipinski definition) is 4. The van der Waals surface area contributed by atoms with E-state index >= 15 is 0 Å². The van der Waals surface area contributed by atoms with E-state index in [1.54, 1.807) is 12.1 Å². The van der Waals surface area contributed by atoms with Crippen molar-refractivity contribution in [2.24, 2.45) is 5.92 Å². The lowest BCUT2D eigenvalue weighted by Crippen LogP contribution is -2.33. The fraction of sp³-hybridized carbons (Fsp3) is 0.350. The second-order valence-corrected chi connectivity index (χ2v) is 8.53. The quantitative estimate of drug-likeness (QED) is 0.733. The lowest BCUT2D eigenvalue weighted by atomic mass is 9.83. The van der Waals surface area contributed by atoms with Gasteiger partial charge in [0.05, 0.1) is 6.26 Å². The number of sulfonamides is 1. The molecule has 2 aromatic rings. The molecule has 1 aliphatic rings. The number of carbonyl (C=O) groups excluding carboxylic acids is 1. The van der Waals surface area contributed by atoms with Crippen molar-refractivity contribution in [1.29, 1.82) is 0 Å². The van der Waals surface area contributed by atoms with E-state index in [9.17, 15) is 13.2 Å². The summed E-state index contributed by atoms with van der Waals surface area (Å²) in [6.07, 6.45) is 3.82. The summed E-state index contributed by atoms with van der Waals surface area (Å²) < 4.78 is 24.9. The number of fused-ring (bicyclic) bond motifs is 1. The first-order valence-electron chi connectivity index (χ1n) is 8.82. The van der Waals surface area contributed by atoms with Crippen LogP contribution in [0, 0.1) is 5.92 Å². The van der Waals surface area contributed by atoms with Crippen molar-refractivity contribution >= 4 is 21.5 Å². The number of ketones is 1. The molecule has 2 N–H and O–H groups in total. The predicted molar refractivity (Wildman–Crippen MR) is 104 cm³/mol. The molecule has 0 spiro atoms. The second kappa shape index (κ2) is 8.01. The molecule has 0 bridgehead atoms. The molecule has 2 aromatic carbocycles. The highest BCUT2D eigenvalue weighted by atomic mass is 32.2. The van der Waals surface area contributed by atoms with E-state index in [4.69, 9.17) is 0 Å². The van der Waals surface area contributed by atoms with Crippen molar-refractivity contribution in [3.63, 3.8) is 0 Å². The highest BCUT2D eigenvalue weighted by molar-refractivity contribution is 7.92. The maximum Gasteiger partial charge on any atom is 0.229 e. The Morgan fingerprint density at radius 1 is 1.08 bits per heavy atom. The molecule has 0 amide bonds. The molecule has 0 unspecified atom stereocenters. The number of rotatable bonds is 7. The molecule has 26 heavy (non-hydrogen) atoms. The summed E-state index contributed by atoms with van der Waals surface area (Å²) in [6, 6.07) is 15.2. The monoisotopic (exact) mass is 372 g/mol. The number of carbonyl (C=O) groups is 1. The van der Waals surface area contributed by atoms with Gasteiger partial charge in [-0.2, -0.15) is 0 Å². The summed E-state index contributed by atoms with van der Waals surface area (Å²) in [6.45, 7) is 1.48. The summed E-state index contributed by atoms with van der Waals surface area (Å²) >= 11 is 0. The van der Waals surface area contributed by atoms with Gasteiger partial charge >= 0.3 is 0 Å². The molecule has 0 aliphatic heterocycles. The highest BCUT2D eigenvalue weighted by Gasteiger charge is 2.26. The molecule has 0 saturated heterocycles. The van der Waals surface area contributed by atoms with Gasteiger partial charge < -0.3 is 5.32 Å². The zero-order chi connectivity index (χ0) is 18.6. The van der Waals surface area contributed by atoms with Crippen molar-refractivity contribution in [3.05, 3.63) is 65.2 Å². The molecule has 0 saturated carbocycles. The Hall–Kier alpha value is -2.18. The number of Topliss-reactive ketones (excluding diaryl/α,β-unsaturated/α-hetero) is 1. The first kappa shape index (κ1) is 18.6. The zero-order valence-corrected chi connectivity index (χ0v) is 15.7. The van der Waals surface area contributed by atoms with Crippen LogP contribution in [0.1, 0.15) is 27.9 Å². The minimum absolute atomic E-state index is 0.0474. The third kappa shape index (κ3) is 4.93. The Bertz CT molecular complexity index is 876. The molecule has 0 radical (unpaired) electrons. The summed E-state index contributed by atoms with van der Waals surface area (Å²) in [5.74, 6) is 0.293. The van der Waals surface area contributed by atoms with Gasteiger partial charge in [0, 0.05) is 23.7 Å². The zero-order valence-electron chi connectivity index (χ0n) is 14.9. The number of nitrogens with one attached hydrogen (secondary N) is 2. The van der Waals surface area contributed by atoms with Gasteiger partial charge in [0.15, 0.2) is 5.78 Å². The van der Waals surface area contributed by atoms with Crippen LogP contribution in [0.2, 0.25) is 0 Å². The van der Waals surface area contributed by atoms with Crippen LogP contribution in [-0.2, 0) is 22.9 Å². The third-order valence-corrected chi connectivity index (χ3v) is 5.26. The largest absolute Gasteiger partial charge is 0.316 e. The Morgan fingerprint density at radius 3 is 2.54 bits per heavy atom. The van der Waals surface area contributed by atoms with Crippen molar-refractivity contribution in [1.82, 2.24) is 5.32 Å². The van der Waals surface area contributed by atoms with Crippen LogP contribution in [0.3, 0.4) is 0 Å². The topological polar surface area (TPSA) is 75.3 Å². The molecule has 138 valence electrons. The van der Waals surface area contributed by atoms with Gasteiger partial charge in [0.1, 0.15) is 0 Å². The SMILES string of the molecule is CS(=O)(=O)Nc1ccc(CCNC[C@@H]2CCc3ccccc3C2=O)cc1. The molecule has 3 rings (SSSR count). The smallest absolute Gasteiger partial charge is 0.229 e. The average Bonchev–Trinajstić information content (AvgIpc) is 2.61. The van der Waals surface area contributed by atoms with E-state index in [-0.39, 0.29) is 11.7 Å². The van der Waals surface area contributed by atoms with Crippen LogP contribution in [-0.4, -0.2) is 33.5 Å². The maximum absolute atomic E-state index is 12.5. The van der Waals surface area contributed by atoms with Crippen molar-refractivity contribution in [3.8, 4) is 0 Å². The predicted octanol–water partition coefficient (Wildman–Crippen LogP) is 2.64. The lowest BCUT2D eigenvalue weighted by Gasteiger charge is -2.23. The van der Waals surface area contributed by atoms with Crippen LogP contribution in [0.25, 0.3) is 0 Å². The van der Waals surface area contributed by atoms with Gasteiger partial charge in [0.2, 0.25) is 10.0 Å². The molecule has 1 atom stereocenters. The number of aryl methyl sites for hydroxylation is 1.